The van der Waals surface area contributed by atoms with Crippen LogP contribution < -0.4 is 0 Å². The molecule has 1 aromatic rings. The molecule has 0 aliphatic carbocycles. The number of aromatic nitrogens is 1. The van der Waals surface area contributed by atoms with Gasteiger partial charge in [0, 0.05) is 12.4 Å². The van der Waals surface area contributed by atoms with Crippen LogP contribution in [0.5, 0.6) is 0 Å². The molecule has 0 saturated heterocycles. The molecule has 0 N–H and O–H groups in total. The van der Waals surface area contributed by atoms with Gasteiger partial charge in [0.2, 0.25) is 0 Å². The first kappa shape index (κ1) is 16.8. The van der Waals surface area contributed by atoms with Crippen molar-refractivity contribution >= 4 is 5.97 Å². The second-order valence-corrected chi connectivity index (χ2v) is 5.43. The van der Waals surface area contributed by atoms with Gasteiger partial charge in [0.05, 0.1) is 7.11 Å². The summed E-state index contributed by atoms with van der Waals surface area (Å²) < 4.78 is 6.85. The van der Waals surface area contributed by atoms with E-state index >= 15 is 0 Å². The zero-order chi connectivity index (χ0) is 14.6. The molecule has 3 nitrogen and oxygen atoms in total. The van der Waals surface area contributed by atoms with Crippen molar-refractivity contribution in [3.63, 3.8) is 0 Å². The second-order valence-electron chi connectivity index (χ2n) is 5.43. The van der Waals surface area contributed by atoms with Crippen molar-refractivity contribution < 1.29 is 9.53 Å². The van der Waals surface area contributed by atoms with Crippen LogP contribution in [0.15, 0.2) is 24.5 Å². The highest BCUT2D eigenvalue weighted by molar-refractivity contribution is 5.74. The lowest BCUT2D eigenvalue weighted by Crippen LogP contribution is -2.19. The number of methoxy groups -OCH3 is 1. The molecule has 0 aliphatic heterocycles. The molecular weight excluding hydrogens is 250 g/mol. The van der Waals surface area contributed by atoms with E-state index in [2.05, 4.69) is 6.92 Å². The highest BCUT2D eigenvalue weighted by Crippen LogP contribution is 2.19. The summed E-state index contributed by atoms with van der Waals surface area (Å²) >= 11 is 0. The molecule has 0 aromatic carbocycles. The Balaban J connectivity index is 2.18. The van der Waals surface area contributed by atoms with E-state index < -0.39 is 0 Å². The van der Waals surface area contributed by atoms with Gasteiger partial charge in [-0.1, -0.05) is 58.3 Å². The van der Waals surface area contributed by atoms with Crippen molar-refractivity contribution in [3.05, 3.63) is 24.5 Å². The molecule has 1 rings (SSSR count). The van der Waals surface area contributed by atoms with Crippen LogP contribution in [0.1, 0.15) is 70.8 Å². The Bertz CT molecular complexity index is 346. The van der Waals surface area contributed by atoms with Crippen molar-refractivity contribution in [1.29, 1.82) is 0 Å². The molecule has 1 heterocycles. The van der Waals surface area contributed by atoms with Crippen LogP contribution in [0.3, 0.4) is 0 Å². The number of hydrogen-bond acceptors (Lipinski definition) is 2. The predicted octanol–water partition coefficient (Wildman–Crippen LogP) is 4.73. The van der Waals surface area contributed by atoms with E-state index in [9.17, 15) is 4.79 Å². The van der Waals surface area contributed by atoms with Gasteiger partial charge in [0.25, 0.3) is 0 Å². The van der Waals surface area contributed by atoms with E-state index in [4.69, 9.17) is 4.74 Å². The number of hydrogen-bond donors (Lipinski definition) is 0. The third-order valence-electron chi connectivity index (χ3n) is 3.79. The Labute approximate surface area is 123 Å². The highest BCUT2D eigenvalue weighted by Gasteiger charge is 2.19. The first-order valence-electron chi connectivity index (χ1n) is 8.00. The molecule has 0 radical (unpaired) electrons. The zero-order valence-corrected chi connectivity index (χ0v) is 13.0. The number of carbonyl (C=O) groups is 1. The number of rotatable bonds is 11. The zero-order valence-electron chi connectivity index (χ0n) is 13.0. The first-order valence-corrected chi connectivity index (χ1v) is 8.00. The summed E-state index contributed by atoms with van der Waals surface area (Å²) in [5.74, 6) is -0.135. The predicted molar refractivity (Wildman–Crippen MR) is 82.7 cm³/mol. The smallest absolute Gasteiger partial charge is 0.328 e. The molecular formula is C17H29NO2. The van der Waals surface area contributed by atoms with Crippen LogP contribution >= 0.6 is 0 Å². The molecule has 0 aliphatic rings. The van der Waals surface area contributed by atoms with Crippen molar-refractivity contribution in [1.82, 2.24) is 4.57 Å². The normalized spacial score (nSPS) is 12.3. The molecule has 1 atom stereocenters. The first-order chi connectivity index (χ1) is 9.79. The fourth-order valence-electron chi connectivity index (χ4n) is 2.55. The summed E-state index contributed by atoms with van der Waals surface area (Å²) in [6.07, 6.45) is 15.0. The lowest BCUT2D eigenvalue weighted by atomic mass is 10.0. The Morgan fingerprint density at radius 3 is 2.10 bits per heavy atom. The van der Waals surface area contributed by atoms with Crippen molar-refractivity contribution in [2.75, 3.05) is 7.11 Å². The van der Waals surface area contributed by atoms with Gasteiger partial charge in [-0.2, -0.15) is 0 Å². The molecule has 1 unspecified atom stereocenters. The van der Waals surface area contributed by atoms with E-state index in [0.29, 0.717) is 0 Å². The monoisotopic (exact) mass is 279 g/mol. The topological polar surface area (TPSA) is 31.2 Å². The van der Waals surface area contributed by atoms with E-state index in [1.54, 1.807) is 0 Å². The van der Waals surface area contributed by atoms with E-state index in [1.807, 2.05) is 29.1 Å². The Morgan fingerprint density at radius 1 is 1.00 bits per heavy atom. The average Bonchev–Trinajstić information content (AvgIpc) is 2.99. The van der Waals surface area contributed by atoms with Gasteiger partial charge < -0.3 is 9.30 Å². The summed E-state index contributed by atoms with van der Waals surface area (Å²) in [7, 11) is 1.46. The Kier molecular flexibility index (Phi) is 8.84. The Morgan fingerprint density at radius 2 is 1.55 bits per heavy atom. The summed E-state index contributed by atoms with van der Waals surface area (Å²) in [6.45, 7) is 2.24. The van der Waals surface area contributed by atoms with Crippen LogP contribution in [-0.4, -0.2) is 17.6 Å². The number of carbonyl (C=O) groups excluding carboxylic acids is 1. The lowest BCUT2D eigenvalue weighted by molar-refractivity contribution is -0.144. The van der Waals surface area contributed by atoms with Gasteiger partial charge >= 0.3 is 5.97 Å². The number of unbranched alkanes of at least 4 members (excludes halogenated alkanes) is 7. The minimum atomic E-state index is -0.157. The van der Waals surface area contributed by atoms with Crippen LogP contribution in [0, 0.1) is 0 Å². The maximum Gasteiger partial charge on any atom is 0.328 e. The molecule has 0 amide bonds. The minimum Gasteiger partial charge on any atom is -0.467 e. The molecule has 20 heavy (non-hydrogen) atoms. The number of esters is 1. The van der Waals surface area contributed by atoms with Crippen molar-refractivity contribution in [2.45, 2.75) is 70.8 Å². The highest BCUT2D eigenvalue weighted by atomic mass is 16.5. The lowest BCUT2D eigenvalue weighted by Gasteiger charge is -2.16. The second kappa shape index (κ2) is 10.5. The van der Waals surface area contributed by atoms with E-state index in [-0.39, 0.29) is 12.0 Å². The van der Waals surface area contributed by atoms with Crippen LogP contribution in [0.2, 0.25) is 0 Å². The van der Waals surface area contributed by atoms with Crippen LogP contribution in [-0.2, 0) is 9.53 Å². The molecule has 0 spiro atoms. The summed E-state index contributed by atoms with van der Waals surface area (Å²) in [5, 5.41) is 0. The largest absolute Gasteiger partial charge is 0.467 e. The van der Waals surface area contributed by atoms with Gasteiger partial charge in [-0.25, -0.2) is 4.79 Å². The SMILES string of the molecule is CCCCCCCCCCC(C(=O)OC)n1cccc1. The Hall–Kier alpha value is -1.25. The maximum absolute atomic E-state index is 11.8. The molecule has 0 bridgehead atoms. The van der Waals surface area contributed by atoms with Gasteiger partial charge in [-0.3, -0.25) is 0 Å². The van der Waals surface area contributed by atoms with Crippen LogP contribution in [0.4, 0.5) is 0 Å². The quantitative estimate of drug-likeness (QED) is 0.433. The number of nitrogens with zero attached hydrogens (tertiary/aromatic N) is 1. The van der Waals surface area contributed by atoms with Gasteiger partial charge in [0.1, 0.15) is 6.04 Å². The van der Waals surface area contributed by atoms with Crippen molar-refractivity contribution in [3.8, 4) is 0 Å². The van der Waals surface area contributed by atoms with Crippen LogP contribution in [0.25, 0.3) is 0 Å². The molecule has 0 fully saturated rings. The van der Waals surface area contributed by atoms with E-state index in [1.165, 1.54) is 52.1 Å². The van der Waals surface area contributed by atoms with Crippen molar-refractivity contribution in [2.24, 2.45) is 0 Å². The van der Waals surface area contributed by atoms with E-state index in [0.717, 1.165) is 12.8 Å². The maximum atomic E-state index is 11.8. The summed E-state index contributed by atoms with van der Waals surface area (Å²) in [6, 6.07) is 3.74. The third-order valence-corrected chi connectivity index (χ3v) is 3.79. The standard InChI is InChI=1S/C17H29NO2/c1-3-4-5-6-7-8-9-10-13-16(17(19)20-2)18-14-11-12-15-18/h11-12,14-16H,3-10,13H2,1-2H3. The van der Waals surface area contributed by atoms with Gasteiger partial charge in [0.15, 0.2) is 0 Å². The molecule has 114 valence electrons. The summed E-state index contributed by atoms with van der Waals surface area (Å²) in [4.78, 5) is 11.8. The van der Waals surface area contributed by atoms with Gasteiger partial charge in [-0.15, -0.1) is 0 Å². The number of ether oxygens (including phenoxy) is 1. The third kappa shape index (κ3) is 6.27. The molecule has 3 heteroatoms. The fourth-order valence-corrected chi connectivity index (χ4v) is 2.55. The van der Waals surface area contributed by atoms with Gasteiger partial charge in [-0.05, 0) is 18.6 Å². The average molecular weight is 279 g/mol. The minimum absolute atomic E-state index is 0.135. The molecule has 0 saturated carbocycles. The summed E-state index contributed by atoms with van der Waals surface area (Å²) in [5.41, 5.74) is 0. The fraction of sp³-hybridized carbons (Fsp3) is 0.706. The molecule has 1 aromatic heterocycles.